The van der Waals surface area contributed by atoms with Crippen molar-refractivity contribution in [3.63, 3.8) is 0 Å². The molecule has 112 valence electrons. The van der Waals surface area contributed by atoms with Gasteiger partial charge in [0.1, 0.15) is 5.82 Å². The van der Waals surface area contributed by atoms with E-state index in [-0.39, 0.29) is 16.9 Å². The van der Waals surface area contributed by atoms with Crippen molar-refractivity contribution < 1.29 is 4.39 Å². The van der Waals surface area contributed by atoms with E-state index in [1.165, 1.54) is 5.56 Å². The molecule has 4 heteroatoms. The third-order valence-electron chi connectivity index (χ3n) is 3.52. The van der Waals surface area contributed by atoms with Crippen LogP contribution in [0.25, 0.3) is 0 Å². The Bertz CT molecular complexity index is 560. The van der Waals surface area contributed by atoms with Crippen LogP contribution in [0, 0.1) is 5.82 Å². The predicted molar refractivity (Wildman–Crippen MR) is 85.1 cm³/mol. The molecule has 0 radical (unpaired) electrons. The lowest BCUT2D eigenvalue weighted by Crippen LogP contribution is -2.31. The third kappa shape index (κ3) is 4.80. The Morgan fingerprint density at radius 1 is 1.24 bits per heavy atom. The molecule has 0 saturated carbocycles. The van der Waals surface area contributed by atoms with E-state index in [2.05, 4.69) is 17.2 Å². The number of hydrogen-bond donors (Lipinski definition) is 1. The van der Waals surface area contributed by atoms with E-state index in [4.69, 9.17) is 11.6 Å². The summed E-state index contributed by atoms with van der Waals surface area (Å²) in [4.78, 5) is 4.02. The van der Waals surface area contributed by atoms with Gasteiger partial charge in [0.15, 0.2) is 0 Å². The number of halogens is 2. The normalized spacial score (nSPS) is 12.3. The van der Waals surface area contributed by atoms with Crippen LogP contribution in [0.4, 0.5) is 4.39 Å². The maximum absolute atomic E-state index is 14.0. The second-order valence-corrected chi connectivity index (χ2v) is 5.47. The van der Waals surface area contributed by atoms with E-state index in [9.17, 15) is 4.39 Å². The van der Waals surface area contributed by atoms with Crippen molar-refractivity contribution >= 4 is 11.6 Å². The van der Waals surface area contributed by atoms with Crippen LogP contribution >= 0.6 is 11.6 Å². The van der Waals surface area contributed by atoms with Crippen LogP contribution in [0.15, 0.2) is 42.7 Å². The molecule has 2 rings (SSSR count). The Kier molecular flexibility index (Phi) is 6.15. The monoisotopic (exact) mass is 306 g/mol. The first-order chi connectivity index (χ1) is 10.2. The first kappa shape index (κ1) is 15.9. The maximum atomic E-state index is 14.0. The number of aromatic nitrogens is 1. The maximum Gasteiger partial charge on any atom is 0.145 e. The number of likely N-dealkylation sites (N-methyl/N-ethyl adjacent to an activating group) is 1. The standard InChI is InChI=1S/C17H20ClFN2/c1-2-21-15(7-6-13-8-10-20-11-9-13)12-14-4-3-5-16(18)17(14)19/h3-5,8-11,15,21H,2,6-7,12H2,1H3. The summed E-state index contributed by atoms with van der Waals surface area (Å²) in [5.74, 6) is -0.300. The molecule has 0 amide bonds. The fourth-order valence-electron chi connectivity index (χ4n) is 2.43. The highest BCUT2D eigenvalue weighted by Crippen LogP contribution is 2.20. The number of benzene rings is 1. The molecule has 2 nitrogen and oxygen atoms in total. The highest BCUT2D eigenvalue weighted by molar-refractivity contribution is 6.30. The number of nitrogens with one attached hydrogen (secondary N) is 1. The Morgan fingerprint density at radius 2 is 2.00 bits per heavy atom. The van der Waals surface area contributed by atoms with Gasteiger partial charge in [-0.05, 0) is 55.1 Å². The van der Waals surface area contributed by atoms with Crippen LogP contribution < -0.4 is 5.32 Å². The molecule has 1 unspecified atom stereocenters. The van der Waals surface area contributed by atoms with Gasteiger partial charge in [-0.1, -0.05) is 30.7 Å². The summed E-state index contributed by atoms with van der Waals surface area (Å²) in [6, 6.07) is 9.45. The smallest absolute Gasteiger partial charge is 0.145 e. The fourth-order valence-corrected chi connectivity index (χ4v) is 2.62. The highest BCUT2D eigenvalue weighted by Gasteiger charge is 2.13. The Morgan fingerprint density at radius 3 is 2.71 bits per heavy atom. The molecular weight excluding hydrogens is 287 g/mol. The van der Waals surface area contributed by atoms with Gasteiger partial charge >= 0.3 is 0 Å². The quantitative estimate of drug-likeness (QED) is 0.835. The van der Waals surface area contributed by atoms with E-state index in [0.29, 0.717) is 12.0 Å². The molecular formula is C17H20ClFN2. The minimum atomic E-state index is -0.300. The summed E-state index contributed by atoms with van der Waals surface area (Å²) >= 11 is 5.84. The summed E-state index contributed by atoms with van der Waals surface area (Å²) in [6.07, 6.45) is 6.14. The van der Waals surface area contributed by atoms with Crippen molar-refractivity contribution in [1.82, 2.24) is 10.3 Å². The van der Waals surface area contributed by atoms with Crippen LogP contribution in [0.2, 0.25) is 5.02 Å². The number of nitrogens with zero attached hydrogens (tertiary/aromatic N) is 1. The second-order valence-electron chi connectivity index (χ2n) is 5.07. The molecule has 0 saturated heterocycles. The summed E-state index contributed by atoms with van der Waals surface area (Å²) < 4.78 is 14.0. The van der Waals surface area contributed by atoms with Gasteiger partial charge < -0.3 is 5.32 Å². The van der Waals surface area contributed by atoms with Crippen LogP contribution in [-0.4, -0.2) is 17.6 Å². The first-order valence-corrected chi connectivity index (χ1v) is 7.63. The van der Waals surface area contributed by atoms with Gasteiger partial charge in [0.2, 0.25) is 0 Å². The lowest BCUT2D eigenvalue weighted by Gasteiger charge is -2.18. The summed E-state index contributed by atoms with van der Waals surface area (Å²) in [7, 11) is 0. The van der Waals surface area contributed by atoms with E-state index in [0.717, 1.165) is 19.4 Å². The number of aryl methyl sites for hydroxylation is 1. The van der Waals surface area contributed by atoms with Crippen LogP contribution in [-0.2, 0) is 12.8 Å². The summed E-state index contributed by atoms with van der Waals surface area (Å²) in [5, 5.41) is 3.61. The summed E-state index contributed by atoms with van der Waals surface area (Å²) in [5.41, 5.74) is 1.92. The van der Waals surface area contributed by atoms with Gasteiger partial charge in [0.25, 0.3) is 0 Å². The van der Waals surface area contributed by atoms with Crippen LogP contribution in [0.3, 0.4) is 0 Å². The van der Waals surface area contributed by atoms with Gasteiger partial charge in [0, 0.05) is 18.4 Å². The molecule has 1 heterocycles. The largest absolute Gasteiger partial charge is 0.314 e. The van der Waals surface area contributed by atoms with E-state index >= 15 is 0 Å². The van der Waals surface area contributed by atoms with Crippen molar-refractivity contribution in [1.29, 1.82) is 0 Å². The van der Waals surface area contributed by atoms with Crippen LogP contribution in [0.1, 0.15) is 24.5 Å². The molecule has 0 aliphatic carbocycles. The van der Waals surface area contributed by atoms with Gasteiger partial charge in [0.05, 0.1) is 5.02 Å². The van der Waals surface area contributed by atoms with E-state index < -0.39 is 0 Å². The molecule has 1 atom stereocenters. The molecule has 0 aliphatic heterocycles. The summed E-state index contributed by atoms with van der Waals surface area (Å²) in [6.45, 7) is 2.93. The van der Waals surface area contributed by atoms with Gasteiger partial charge in [-0.15, -0.1) is 0 Å². The number of hydrogen-bond acceptors (Lipinski definition) is 2. The minimum absolute atomic E-state index is 0.192. The molecule has 1 aromatic heterocycles. The van der Waals surface area contributed by atoms with Crippen molar-refractivity contribution in [3.8, 4) is 0 Å². The lowest BCUT2D eigenvalue weighted by atomic mass is 9.99. The van der Waals surface area contributed by atoms with E-state index in [1.807, 2.05) is 12.1 Å². The predicted octanol–water partition coefficient (Wildman–Crippen LogP) is 4.03. The fraction of sp³-hybridized carbons (Fsp3) is 0.353. The van der Waals surface area contributed by atoms with Crippen molar-refractivity contribution in [2.75, 3.05) is 6.54 Å². The number of rotatable bonds is 7. The highest BCUT2D eigenvalue weighted by atomic mass is 35.5. The second kappa shape index (κ2) is 8.11. The van der Waals surface area contributed by atoms with Gasteiger partial charge in [-0.25, -0.2) is 4.39 Å². The molecule has 2 aromatic rings. The average Bonchev–Trinajstić information content (AvgIpc) is 2.50. The van der Waals surface area contributed by atoms with Crippen molar-refractivity contribution in [2.45, 2.75) is 32.2 Å². The van der Waals surface area contributed by atoms with Crippen molar-refractivity contribution in [2.24, 2.45) is 0 Å². The van der Waals surface area contributed by atoms with Crippen molar-refractivity contribution in [3.05, 3.63) is 64.7 Å². The zero-order valence-electron chi connectivity index (χ0n) is 12.2. The average molecular weight is 307 g/mol. The van der Waals surface area contributed by atoms with Gasteiger partial charge in [-0.2, -0.15) is 0 Å². The molecule has 0 aliphatic rings. The molecule has 1 N–H and O–H groups in total. The zero-order chi connectivity index (χ0) is 15.1. The molecule has 1 aromatic carbocycles. The van der Waals surface area contributed by atoms with E-state index in [1.54, 1.807) is 30.6 Å². The number of pyridine rings is 1. The SMILES string of the molecule is CCNC(CCc1ccncc1)Cc1cccc(Cl)c1F. The van der Waals surface area contributed by atoms with Gasteiger partial charge in [-0.3, -0.25) is 4.98 Å². The molecule has 0 fully saturated rings. The zero-order valence-corrected chi connectivity index (χ0v) is 12.9. The Hall–Kier alpha value is -1.45. The van der Waals surface area contributed by atoms with Crippen LogP contribution in [0.5, 0.6) is 0 Å². The first-order valence-electron chi connectivity index (χ1n) is 7.26. The molecule has 21 heavy (non-hydrogen) atoms. The topological polar surface area (TPSA) is 24.9 Å². The molecule has 0 spiro atoms. The Balaban J connectivity index is 2.00. The third-order valence-corrected chi connectivity index (χ3v) is 3.81. The molecule has 0 bridgehead atoms. The Labute approximate surface area is 130 Å². The minimum Gasteiger partial charge on any atom is -0.314 e. The lowest BCUT2D eigenvalue weighted by molar-refractivity contribution is 0.480.